The van der Waals surface area contributed by atoms with E-state index in [1.165, 1.54) is 0 Å². The van der Waals surface area contributed by atoms with Crippen LogP contribution in [0.1, 0.15) is 35.8 Å². The van der Waals surface area contributed by atoms with Crippen LogP contribution in [-0.2, 0) is 6.42 Å². The van der Waals surface area contributed by atoms with E-state index in [0.29, 0.717) is 18.2 Å². The second-order valence-electron chi connectivity index (χ2n) is 6.77. The number of nitrogens with zero attached hydrogens (tertiary/aromatic N) is 3. The van der Waals surface area contributed by atoms with Gasteiger partial charge in [-0.1, -0.05) is 19.1 Å². The molecule has 0 atom stereocenters. The van der Waals surface area contributed by atoms with Gasteiger partial charge in [0.2, 0.25) is 5.95 Å². The Hall–Kier alpha value is -2.63. The SMILES string of the molecule is COc1cccc(CCNC(=O)c2ccnc(N3CCC(C)CC3)n2)c1. The van der Waals surface area contributed by atoms with Crippen LogP contribution in [0.2, 0.25) is 0 Å². The predicted octanol–water partition coefficient (Wildman–Crippen LogP) is 2.69. The third kappa shape index (κ3) is 4.71. The average molecular weight is 354 g/mol. The van der Waals surface area contributed by atoms with Crippen molar-refractivity contribution in [2.24, 2.45) is 5.92 Å². The number of piperidine rings is 1. The third-order valence-corrected chi connectivity index (χ3v) is 4.78. The Kier molecular flexibility index (Phi) is 6.04. The minimum atomic E-state index is -0.165. The zero-order chi connectivity index (χ0) is 18.4. The quantitative estimate of drug-likeness (QED) is 0.864. The van der Waals surface area contributed by atoms with Crippen LogP contribution in [0.4, 0.5) is 5.95 Å². The normalized spacial score (nSPS) is 14.9. The number of rotatable bonds is 6. The molecule has 6 heteroatoms. The maximum atomic E-state index is 12.4. The summed E-state index contributed by atoms with van der Waals surface area (Å²) in [6.07, 6.45) is 4.68. The first-order valence-electron chi connectivity index (χ1n) is 9.15. The summed E-state index contributed by atoms with van der Waals surface area (Å²) in [6.45, 7) is 4.71. The van der Waals surface area contributed by atoms with Gasteiger partial charge in [0.1, 0.15) is 11.4 Å². The Morgan fingerprint density at radius 1 is 1.31 bits per heavy atom. The van der Waals surface area contributed by atoms with Crippen molar-refractivity contribution in [3.8, 4) is 5.75 Å². The molecule has 2 aromatic rings. The van der Waals surface area contributed by atoms with Crippen LogP contribution in [0.15, 0.2) is 36.5 Å². The summed E-state index contributed by atoms with van der Waals surface area (Å²) < 4.78 is 5.22. The molecule has 1 aliphatic heterocycles. The molecule has 2 heterocycles. The fourth-order valence-corrected chi connectivity index (χ4v) is 3.07. The summed E-state index contributed by atoms with van der Waals surface area (Å²) in [6, 6.07) is 9.52. The highest BCUT2D eigenvalue weighted by molar-refractivity contribution is 5.92. The summed E-state index contributed by atoms with van der Waals surface area (Å²) in [7, 11) is 1.65. The van der Waals surface area contributed by atoms with Crippen molar-refractivity contribution in [3.63, 3.8) is 0 Å². The first-order valence-corrected chi connectivity index (χ1v) is 9.15. The van der Waals surface area contributed by atoms with E-state index in [9.17, 15) is 4.79 Å². The topological polar surface area (TPSA) is 67.3 Å². The summed E-state index contributed by atoms with van der Waals surface area (Å²) in [5.74, 6) is 2.05. The number of amides is 1. The van der Waals surface area contributed by atoms with Gasteiger partial charge in [0, 0.05) is 25.8 Å². The number of hydrogen-bond donors (Lipinski definition) is 1. The summed E-state index contributed by atoms with van der Waals surface area (Å²) >= 11 is 0. The number of carbonyl (C=O) groups excluding carboxylic acids is 1. The molecule has 1 saturated heterocycles. The van der Waals surface area contributed by atoms with E-state index in [2.05, 4.69) is 27.1 Å². The molecule has 0 unspecified atom stereocenters. The lowest BCUT2D eigenvalue weighted by molar-refractivity contribution is 0.0949. The number of benzene rings is 1. The lowest BCUT2D eigenvalue weighted by Crippen LogP contribution is -2.35. The molecule has 0 aliphatic carbocycles. The number of aromatic nitrogens is 2. The van der Waals surface area contributed by atoms with Gasteiger partial charge in [-0.2, -0.15) is 0 Å². The van der Waals surface area contributed by atoms with Crippen LogP contribution < -0.4 is 15.0 Å². The largest absolute Gasteiger partial charge is 0.497 e. The molecular weight excluding hydrogens is 328 g/mol. The highest BCUT2D eigenvalue weighted by atomic mass is 16.5. The zero-order valence-electron chi connectivity index (χ0n) is 15.4. The Morgan fingerprint density at radius 3 is 2.88 bits per heavy atom. The number of ether oxygens (including phenoxy) is 1. The van der Waals surface area contributed by atoms with Crippen LogP contribution in [0.5, 0.6) is 5.75 Å². The highest BCUT2D eigenvalue weighted by Crippen LogP contribution is 2.19. The molecule has 1 aromatic carbocycles. The maximum Gasteiger partial charge on any atom is 0.270 e. The molecule has 1 fully saturated rings. The maximum absolute atomic E-state index is 12.4. The standard InChI is InChI=1S/C20H26N4O2/c1-15-8-12-24(13-9-15)20-22-11-7-18(23-20)19(25)21-10-6-16-4-3-5-17(14-16)26-2/h3-5,7,11,14-15H,6,8-10,12-13H2,1-2H3,(H,21,25). The summed E-state index contributed by atoms with van der Waals surface area (Å²) in [4.78, 5) is 23.4. The van der Waals surface area contributed by atoms with Gasteiger partial charge >= 0.3 is 0 Å². The molecule has 138 valence electrons. The molecule has 0 spiro atoms. The first-order chi connectivity index (χ1) is 12.7. The smallest absolute Gasteiger partial charge is 0.270 e. The van der Waals surface area contributed by atoms with E-state index >= 15 is 0 Å². The highest BCUT2D eigenvalue weighted by Gasteiger charge is 2.19. The van der Waals surface area contributed by atoms with E-state index in [1.54, 1.807) is 19.4 Å². The molecule has 0 bridgehead atoms. The Morgan fingerprint density at radius 2 is 2.12 bits per heavy atom. The van der Waals surface area contributed by atoms with Crippen LogP contribution >= 0.6 is 0 Å². The van der Waals surface area contributed by atoms with Gasteiger partial charge in [0.15, 0.2) is 0 Å². The first kappa shape index (κ1) is 18.2. The number of methoxy groups -OCH3 is 1. The molecular formula is C20H26N4O2. The van der Waals surface area contributed by atoms with Crippen LogP contribution in [0.25, 0.3) is 0 Å². The number of nitrogens with one attached hydrogen (secondary N) is 1. The Balaban J connectivity index is 1.55. The minimum Gasteiger partial charge on any atom is -0.497 e. The van der Waals surface area contributed by atoms with Gasteiger partial charge in [-0.25, -0.2) is 9.97 Å². The van der Waals surface area contributed by atoms with Crippen molar-refractivity contribution < 1.29 is 9.53 Å². The third-order valence-electron chi connectivity index (χ3n) is 4.78. The van der Waals surface area contributed by atoms with E-state index in [-0.39, 0.29) is 5.91 Å². The Bertz CT molecular complexity index is 742. The molecule has 0 saturated carbocycles. The van der Waals surface area contributed by atoms with Gasteiger partial charge in [-0.15, -0.1) is 0 Å². The molecule has 3 rings (SSSR count). The lowest BCUT2D eigenvalue weighted by atomic mass is 10.00. The summed E-state index contributed by atoms with van der Waals surface area (Å²) in [5.41, 5.74) is 1.54. The molecule has 1 amide bonds. The fraction of sp³-hybridized carbons (Fsp3) is 0.450. The second-order valence-corrected chi connectivity index (χ2v) is 6.77. The van der Waals surface area contributed by atoms with Gasteiger partial charge in [-0.3, -0.25) is 4.79 Å². The molecule has 26 heavy (non-hydrogen) atoms. The van der Waals surface area contributed by atoms with Gasteiger partial charge in [0.25, 0.3) is 5.91 Å². The van der Waals surface area contributed by atoms with Crippen molar-refractivity contribution >= 4 is 11.9 Å². The van der Waals surface area contributed by atoms with Crippen molar-refractivity contribution in [2.45, 2.75) is 26.2 Å². The van der Waals surface area contributed by atoms with Crippen LogP contribution in [-0.4, -0.2) is 42.6 Å². The molecule has 1 aromatic heterocycles. The van der Waals surface area contributed by atoms with Crippen molar-refractivity contribution in [1.82, 2.24) is 15.3 Å². The van der Waals surface area contributed by atoms with Gasteiger partial charge in [0.05, 0.1) is 7.11 Å². The fourth-order valence-electron chi connectivity index (χ4n) is 3.07. The second kappa shape index (κ2) is 8.65. The van der Waals surface area contributed by atoms with Crippen LogP contribution in [0, 0.1) is 5.92 Å². The van der Waals surface area contributed by atoms with Crippen molar-refractivity contribution in [2.75, 3.05) is 31.6 Å². The van der Waals surface area contributed by atoms with Crippen molar-refractivity contribution in [1.29, 1.82) is 0 Å². The number of anilines is 1. The lowest BCUT2D eigenvalue weighted by Gasteiger charge is -2.30. The van der Waals surface area contributed by atoms with Crippen LogP contribution in [0.3, 0.4) is 0 Å². The number of carbonyl (C=O) groups is 1. The molecule has 0 radical (unpaired) electrons. The van der Waals surface area contributed by atoms with E-state index in [4.69, 9.17) is 4.74 Å². The Labute approximate surface area is 154 Å². The molecule has 6 nitrogen and oxygen atoms in total. The van der Waals surface area contributed by atoms with Crippen molar-refractivity contribution in [3.05, 3.63) is 47.8 Å². The summed E-state index contributed by atoms with van der Waals surface area (Å²) in [5, 5.41) is 2.93. The predicted molar refractivity (Wildman–Crippen MR) is 102 cm³/mol. The van der Waals surface area contributed by atoms with Gasteiger partial charge < -0.3 is 15.0 Å². The van der Waals surface area contributed by atoms with E-state index in [0.717, 1.165) is 49.6 Å². The number of hydrogen-bond acceptors (Lipinski definition) is 5. The van der Waals surface area contributed by atoms with Gasteiger partial charge in [-0.05, 0) is 48.9 Å². The van der Waals surface area contributed by atoms with E-state index in [1.807, 2.05) is 24.3 Å². The molecule has 1 N–H and O–H groups in total. The zero-order valence-corrected chi connectivity index (χ0v) is 15.4. The monoisotopic (exact) mass is 354 g/mol. The molecule has 1 aliphatic rings. The minimum absolute atomic E-state index is 0.165. The average Bonchev–Trinajstić information content (AvgIpc) is 2.69. The van der Waals surface area contributed by atoms with E-state index < -0.39 is 0 Å².